The van der Waals surface area contributed by atoms with Crippen molar-refractivity contribution in [3.63, 3.8) is 0 Å². The zero-order valence-electron chi connectivity index (χ0n) is 10.9. The van der Waals surface area contributed by atoms with Crippen molar-refractivity contribution in [1.29, 1.82) is 0 Å². The van der Waals surface area contributed by atoms with Gasteiger partial charge >= 0.3 is 0 Å². The van der Waals surface area contributed by atoms with Crippen molar-refractivity contribution in [3.8, 4) is 0 Å². The number of hydrogen-bond donors (Lipinski definition) is 3. The van der Waals surface area contributed by atoms with Crippen molar-refractivity contribution >= 4 is 27.5 Å². The Balaban J connectivity index is 2.10. The molecule has 3 N–H and O–H groups in total. The molecule has 0 bridgehead atoms. The van der Waals surface area contributed by atoms with Crippen LogP contribution >= 0.6 is 11.8 Å². The highest BCUT2D eigenvalue weighted by Crippen LogP contribution is 2.05. The average Bonchev–Trinajstić information content (AvgIpc) is 2.32. The minimum absolute atomic E-state index is 0.0473. The number of hydrogen-bond acceptors (Lipinski definition) is 6. The average molecular weight is 310 g/mol. The Bertz CT molecular complexity index is 373. The summed E-state index contributed by atoms with van der Waals surface area (Å²) in [5.41, 5.74) is 0. The van der Waals surface area contributed by atoms with E-state index in [-0.39, 0.29) is 36.5 Å². The summed E-state index contributed by atoms with van der Waals surface area (Å²) in [6, 6.07) is -0.263. The van der Waals surface area contributed by atoms with E-state index in [1.165, 1.54) is 0 Å². The summed E-state index contributed by atoms with van der Waals surface area (Å²) in [6.07, 6.45) is 0.975. The molecule has 0 aromatic rings. The van der Waals surface area contributed by atoms with Crippen LogP contribution in [0, 0.1) is 0 Å². The lowest BCUT2D eigenvalue weighted by atomic mass is 10.2. The molecule has 0 aliphatic carbocycles. The van der Waals surface area contributed by atoms with Crippen LogP contribution in [0.3, 0.4) is 0 Å². The predicted octanol–water partition coefficient (Wildman–Crippen LogP) is -1.01. The molecule has 1 aliphatic rings. The topological polar surface area (TPSA) is 95.5 Å². The van der Waals surface area contributed by atoms with Crippen LogP contribution in [-0.2, 0) is 14.6 Å². The van der Waals surface area contributed by atoms with Crippen LogP contribution in [0.4, 0.5) is 0 Å². The monoisotopic (exact) mass is 310 g/mol. The fourth-order valence-electron chi connectivity index (χ4n) is 1.83. The fraction of sp³-hybridized carbons (Fsp3) is 0.909. The fourth-order valence-corrected chi connectivity index (χ4v) is 4.05. The first-order chi connectivity index (χ1) is 9.03. The van der Waals surface area contributed by atoms with Gasteiger partial charge in [-0.3, -0.25) is 4.79 Å². The Morgan fingerprint density at radius 3 is 2.89 bits per heavy atom. The van der Waals surface area contributed by atoms with Crippen LogP contribution in [0.25, 0.3) is 0 Å². The molecule has 0 spiro atoms. The number of amides is 1. The van der Waals surface area contributed by atoms with Crippen LogP contribution in [0.1, 0.15) is 12.8 Å². The molecule has 1 aliphatic heterocycles. The molecular weight excluding hydrogens is 288 g/mol. The number of aliphatic hydroxyl groups excluding tert-OH is 1. The van der Waals surface area contributed by atoms with E-state index < -0.39 is 9.84 Å². The molecule has 19 heavy (non-hydrogen) atoms. The zero-order chi connectivity index (χ0) is 14.1. The smallest absolute Gasteiger partial charge is 0.221 e. The van der Waals surface area contributed by atoms with Gasteiger partial charge in [0, 0.05) is 37.9 Å². The van der Waals surface area contributed by atoms with E-state index in [9.17, 15) is 13.2 Å². The van der Waals surface area contributed by atoms with E-state index in [4.69, 9.17) is 5.11 Å². The quantitative estimate of drug-likeness (QED) is 0.498. The Kier molecular flexibility index (Phi) is 7.74. The van der Waals surface area contributed by atoms with Gasteiger partial charge < -0.3 is 15.7 Å². The van der Waals surface area contributed by atoms with Gasteiger partial charge in [0.2, 0.25) is 5.91 Å². The molecule has 1 heterocycles. The van der Waals surface area contributed by atoms with Crippen molar-refractivity contribution < 1.29 is 18.3 Å². The van der Waals surface area contributed by atoms with E-state index in [1.54, 1.807) is 11.8 Å². The number of nitrogens with one attached hydrogen (secondary N) is 2. The second kappa shape index (κ2) is 8.78. The molecule has 112 valence electrons. The second-order valence-electron chi connectivity index (χ2n) is 4.51. The third-order valence-corrected chi connectivity index (χ3v) is 5.55. The van der Waals surface area contributed by atoms with Gasteiger partial charge in [-0.25, -0.2) is 8.42 Å². The molecule has 0 aromatic heterocycles. The molecule has 1 fully saturated rings. The standard InChI is InChI=1S/C11H22N2O4S2/c14-4-1-5-18-6-2-13-11(15)8-10-9-19(16,17)7-3-12-10/h10,12,14H,1-9H2,(H,13,15). The Morgan fingerprint density at radius 1 is 1.42 bits per heavy atom. The number of carbonyl (C=O) groups is 1. The van der Waals surface area contributed by atoms with Gasteiger partial charge in [-0.05, 0) is 12.2 Å². The highest BCUT2D eigenvalue weighted by Gasteiger charge is 2.25. The van der Waals surface area contributed by atoms with E-state index >= 15 is 0 Å². The third kappa shape index (κ3) is 7.76. The SMILES string of the molecule is O=C(CC1CS(=O)(=O)CCN1)NCCSCCCO. The summed E-state index contributed by atoms with van der Waals surface area (Å²) in [7, 11) is -2.98. The van der Waals surface area contributed by atoms with Gasteiger partial charge in [-0.2, -0.15) is 11.8 Å². The van der Waals surface area contributed by atoms with Crippen molar-refractivity contribution in [3.05, 3.63) is 0 Å². The van der Waals surface area contributed by atoms with Crippen LogP contribution in [0.2, 0.25) is 0 Å². The molecule has 1 amide bonds. The number of aliphatic hydroxyl groups is 1. The lowest BCUT2D eigenvalue weighted by molar-refractivity contribution is -0.121. The maximum Gasteiger partial charge on any atom is 0.221 e. The molecule has 1 atom stereocenters. The minimum Gasteiger partial charge on any atom is -0.396 e. The van der Waals surface area contributed by atoms with Gasteiger partial charge in [0.1, 0.15) is 0 Å². The van der Waals surface area contributed by atoms with Crippen LogP contribution in [0.15, 0.2) is 0 Å². The van der Waals surface area contributed by atoms with Crippen LogP contribution < -0.4 is 10.6 Å². The first-order valence-electron chi connectivity index (χ1n) is 6.42. The summed E-state index contributed by atoms with van der Waals surface area (Å²) >= 11 is 1.68. The minimum atomic E-state index is -2.98. The summed E-state index contributed by atoms with van der Waals surface area (Å²) in [6.45, 7) is 1.20. The van der Waals surface area contributed by atoms with E-state index in [1.807, 2.05) is 0 Å². The van der Waals surface area contributed by atoms with Crippen molar-refractivity contribution in [2.75, 3.05) is 42.7 Å². The van der Waals surface area contributed by atoms with E-state index in [2.05, 4.69) is 10.6 Å². The normalized spacial score (nSPS) is 22.1. The largest absolute Gasteiger partial charge is 0.396 e. The van der Waals surface area contributed by atoms with Gasteiger partial charge in [-0.15, -0.1) is 0 Å². The van der Waals surface area contributed by atoms with E-state index in [0.29, 0.717) is 13.1 Å². The summed E-state index contributed by atoms with van der Waals surface area (Å²) in [5.74, 6) is 1.78. The molecule has 1 unspecified atom stereocenters. The Hall–Kier alpha value is -0.310. The lowest BCUT2D eigenvalue weighted by Crippen LogP contribution is -2.47. The first kappa shape index (κ1) is 16.7. The lowest BCUT2D eigenvalue weighted by Gasteiger charge is -2.23. The van der Waals surface area contributed by atoms with Crippen LogP contribution in [-0.4, -0.2) is 68.2 Å². The summed E-state index contributed by atoms with van der Waals surface area (Å²) in [4.78, 5) is 11.6. The van der Waals surface area contributed by atoms with Crippen molar-refractivity contribution in [2.24, 2.45) is 0 Å². The molecule has 1 saturated heterocycles. The maximum absolute atomic E-state index is 11.6. The van der Waals surface area contributed by atoms with Crippen molar-refractivity contribution in [1.82, 2.24) is 10.6 Å². The number of thioether (sulfide) groups is 1. The molecular formula is C11H22N2O4S2. The molecule has 0 radical (unpaired) electrons. The number of sulfone groups is 1. The van der Waals surface area contributed by atoms with E-state index in [0.717, 1.165) is 17.9 Å². The predicted molar refractivity (Wildman–Crippen MR) is 77.1 cm³/mol. The zero-order valence-corrected chi connectivity index (χ0v) is 12.6. The maximum atomic E-state index is 11.6. The second-order valence-corrected chi connectivity index (χ2v) is 7.96. The molecule has 0 saturated carbocycles. The third-order valence-electron chi connectivity index (χ3n) is 2.75. The molecule has 0 aromatic carbocycles. The number of carbonyl (C=O) groups excluding carboxylic acids is 1. The Morgan fingerprint density at radius 2 is 2.21 bits per heavy atom. The van der Waals surface area contributed by atoms with Gasteiger partial charge in [-0.1, -0.05) is 0 Å². The Labute approximate surface area is 118 Å². The van der Waals surface area contributed by atoms with Gasteiger partial charge in [0.15, 0.2) is 9.84 Å². The first-order valence-corrected chi connectivity index (χ1v) is 9.40. The van der Waals surface area contributed by atoms with Crippen LogP contribution in [0.5, 0.6) is 0 Å². The summed E-state index contributed by atoms with van der Waals surface area (Å²) < 4.78 is 22.8. The molecule has 1 rings (SSSR count). The molecule has 8 heteroatoms. The highest BCUT2D eigenvalue weighted by molar-refractivity contribution is 7.99. The summed E-state index contributed by atoms with van der Waals surface area (Å²) in [5, 5.41) is 14.4. The highest BCUT2D eigenvalue weighted by atomic mass is 32.2. The molecule has 6 nitrogen and oxygen atoms in total. The van der Waals surface area contributed by atoms with Crippen molar-refractivity contribution in [2.45, 2.75) is 18.9 Å². The van der Waals surface area contributed by atoms with Gasteiger partial charge in [0.05, 0.1) is 11.5 Å². The number of rotatable bonds is 8. The van der Waals surface area contributed by atoms with Gasteiger partial charge in [0.25, 0.3) is 0 Å².